The number of benzene rings is 1. The lowest BCUT2D eigenvalue weighted by molar-refractivity contribution is -0.147. The molecule has 0 saturated carbocycles. The van der Waals surface area contributed by atoms with E-state index in [4.69, 9.17) is 13.9 Å². The minimum atomic E-state index is -0.762. The van der Waals surface area contributed by atoms with Gasteiger partial charge in [0.05, 0.1) is 18.9 Å². The third-order valence-electron chi connectivity index (χ3n) is 3.69. The van der Waals surface area contributed by atoms with Gasteiger partial charge in [-0.25, -0.2) is 4.79 Å². The molecule has 1 aliphatic heterocycles. The molecule has 6 nitrogen and oxygen atoms in total. The Labute approximate surface area is 138 Å². The highest BCUT2D eigenvalue weighted by molar-refractivity contribution is 6.14. The third-order valence-corrected chi connectivity index (χ3v) is 3.69. The first-order valence-electron chi connectivity index (χ1n) is 7.37. The lowest BCUT2D eigenvalue weighted by atomic mass is 10.1. The summed E-state index contributed by atoms with van der Waals surface area (Å²) in [5, 5.41) is 0. The SMILES string of the molecule is COC(=O)C(C)Oc1ccc2c(c1C)O/C(=C\c1ccco1)C2=O. The summed E-state index contributed by atoms with van der Waals surface area (Å²) >= 11 is 0. The number of Topliss-reactive ketones (excluding diaryl/α,β-unsaturated/α-hetero) is 1. The van der Waals surface area contributed by atoms with Gasteiger partial charge in [-0.1, -0.05) is 0 Å². The van der Waals surface area contributed by atoms with Crippen LogP contribution < -0.4 is 9.47 Å². The van der Waals surface area contributed by atoms with Crippen molar-refractivity contribution in [3.8, 4) is 11.5 Å². The minimum absolute atomic E-state index is 0.182. The van der Waals surface area contributed by atoms with E-state index in [-0.39, 0.29) is 11.5 Å². The largest absolute Gasteiger partial charge is 0.479 e. The van der Waals surface area contributed by atoms with E-state index < -0.39 is 12.1 Å². The summed E-state index contributed by atoms with van der Waals surface area (Å²) in [5.74, 6) is 0.884. The van der Waals surface area contributed by atoms with E-state index in [9.17, 15) is 9.59 Å². The van der Waals surface area contributed by atoms with E-state index in [2.05, 4.69) is 4.74 Å². The van der Waals surface area contributed by atoms with Crippen LogP contribution in [0, 0.1) is 6.92 Å². The smallest absolute Gasteiger partial charge is 0.346 e. The van der Waals surface area contributed by atoms with Crippen molar-refractivity contribution in [2.75, 3.05) is 7.11 Å². The molecule has 0 fully saturated rings. The Morgan fingerprint density at radius 2 is 2.08 bits per heavy atom. The molecule has 24 heavy (non-hydrogen) atoms. The normalized spacial score (nSPS) is 15.8. The monoisotopic (exact) mass is 328 g/mol. The van der Waals surface area contributed by atoms with Crippen molar-refractivity contribution in [3.63, 3.8) is 0 Å². The molecule has 1 aliphatic rings. The summed E-state index contributed by atoms with van der Waals surface area (Å²) < 4.78 is 21.1. The van der Waals surface area contributed by atoms with Crippen molar-refractivity contribution in [3.05, 3.63) is 53.2 Å². The van der Waals surface area contributed by atoms with Crippen LogP contribution >= 0.6 is 0 Å². The van der Waals surface area contributed by atoms with Crippen molar-refractivity contribution >= 4 is 17.8 Å². The lowest BCUT2D eigenvalue weighted by Gasteiger charge is -2.15. The minimum Gasteiger partial charge on any atom is -0.479 e. The molecule has 124 valence electrons. The van der Waals surface area contributed by atoms with E-state index in [1.807, 2.05) is 0 Å². The number of carbonyl (C=O) groups is 2. The zero-order chi connectivity index (χ0) is 17.3. The number of methoxy groups -OCH3 is 1. The molecule has 0 bridgehead atoms. The van der Waals surface area contributed by atoms with Gasteiger partial charge >= 0.3 is 5.97 Å². The Hall–Kier alpha value is -3.02. The van der Waals surface area contributed by atoms with Gasteiger partial charge in [-0.05, 0) is 38.1 Å². The lowest BCUT2D eigenvalue weighted by Crippen LogP contribution is -2.25. The van der Waals surface area contributed by atoms with E-state index in [0.29, 0.717) is 28.4 Å². The number of carbonyl (C=O) groups excluding carboxylic acids is 2. The molecule has 3 rings (SSSR count). The third kappa shape index (κ3) is 2.78. The van der Waals surface area contributed by atoms with Crippen LogP contribution in [-0.4, -0.2) is 25.0 Å². The van der Waals surface area contributed by atoms with Crippen molar-refractivity contribution in [2.24, 2.45) is 0 Å². The molecule has 0 radical (unpaired) electrons. The summed E-state index contributed by atoms with van der Waals surface area (Å²) in [5.41, 5.74) is 1.09. The molecule has 0 N–H and O–H groups in total. The van der Waals surface area contributed by atoms with Gasteiger partial charge in [0, 0.05) is 11.6 Å². The van der Waals surface area contributed by atoms with Crippen LogP contribution in [0.1, 0.15) is 28.6 Å². The van der Waals surface area contributed by atoms with E-state index in [0.717, 1.165) is 0 Å². The molecular formula is C18H16O6. The van der Waals surface area contributed by atoms with Gasteiger partial charge in [0.25, 0.3) is 0 Å². The standard InChI is InChI=1S/C18H16O6/c1-10-14(23-11(2)18(20)21-3)7-6-13-16(19)15(24-17(10)13)9-12-5-4-8-22-12/h4-9,11H,1-3H3/b15-9-. The summed E-state index contributed by atoms with van der Waals surface area (Å²) in [6.07, 6.45) is 2.30. The number of ketones is 1. The van der Waals surface area contributed by atoms with Gasteiger partial charge in [0.15, 0.2) is 11.9 Å². The van der Waals surface area contributed by atoms with Gasteiger partial charge in [0.1, 0.15) is 17.3 Å². The van der Waals surface area contributed by atoms with Gasteiger partial charge in [-0.15, -0.1) is 0 Å². The van der Waals surface area contributed by atoms with Gasteiger partial charge in [-0.2, -0.15) is 0 Å². The molecule has 1 atom stereocenters. The zero-order valence-electron chi connectivity index (χ0n) is 13.5. The number of rotatable bonds is 4. The highest BCUT2D eigenvalue weighted by atomic mass is 16.6. The molecule has 6 heteroatoms. The van der Waals surface area contributed by atoms with Gasteiger partial charge < -0.3 is 18.6 Å². The predicted molar refractivity (Wildman–Crippen MR) is 84.9 cm³/mol. The van der Waals surface area contributed by atoms with Crippen molar-refractivity contribution in [2.45, 2.75) is 20.0 Å². The van der Waals surface area contributed by atoms with Crippen LogP contribution in [0.15, 0.2) is 40.7 Å². The number of hydrogen-bond acceptors (Lipinski definition) is 6. The van der Waals surface area contributed by atoms with Crippen LogP contribution in [0.3, 0.4) is 0 Å². The first-order chi connectivity index (χ1) is 11.5. The maximum Gasteiger partial charge on any atom is 0.346 e. The molecule has 1 aromatic carbocycles. The van der Waals surface area contributed by atoms with Crippen LogP contribution in [0.25, 0.3) is 6.08 Å². The fourth-order valence-corrected chi connectivity index (χ4v) is 2.40. The molecule has 0 spiro atoms. The Morgan fingerprint density at radius 3 is 2.75 bits per heavy atom. The highest BCUT2D eigenvalue weighted by Gasteiger charge is 2.31. The maximum atomic E-state index is 12.4. The Morgan fingerprint density at radius 1 is 1.29 bits per heavy atom. The summed E-state index contributed by atoms with van der Waals surface area (Å²) in [6, 6.07) is 6.72. The second kappa shape index (κ2) is 6.23. The number of ether oxygens (including phenoxy) is 3. The topological polar surface area (TPSA) is 75.0 Å². The molecule has 0 saturated heterocycles. The van der Waals surface area contributed by atoms with E-state index >= 15 is 0 Å². The second-order valence-corrected chi connectivity index (χ2v) is 5.30. The van der Waals surface area contributed by atoms with Crippen LogP contribution in [0.4, 0.5) is 0 Å². The average molecular weight is 328 g/mol. The predicted octanol–water partition coefficient (Wildman–Crippen LogP) is 3.14. The number of hydrogen-bond donors (Lipinski definition) is 0. The molecule has 0 amide bonds. The number of esters is 1. The summed E-state index contributed by atoms with van der Waals surface area (Å²) in [4.78, 5) is 23.9. The van der Waals surface area contributed by atoms with E-state index in [1.54, 1.807) is 44.2 Å². The quantitative estimate of drug-likeness (QED) is 0.634. The molecule has 1 unspecified atom stereocenters. The van der Waals surface area contributed by atoms with Crippen molar-refractivity contribution < 1.29 is 28.2 Å². The average Bonchev–Trinajstić information content (AvgIpc) is 3.19. The van der Waals surface area contributed by atoms with Crippen molar-refractivity contribution in [1.29, 1.82) is 0 Å². The van der Waals surface area contributed by atoms with Crippen LogP contribution in [0.2, 0.25) is 0 Å². The number of furan rings is 1. The molecular weight excluding hydrogens is 312 g/mol. The number of allylic oxidation sites excluding steroid dienone is 1. The van der Waals surface area contributed by atoms with Crippen LogP contribution in [-0.2, 0) is 9.53 Å². The molecule has 2 aromatic rings. The first kappa shape index (κ1) is 15.9. The Kier molecular flexibility index (Phi) is 4.12. The van der Waals surface area contributed by atoms with Gasteiger partial charge in [0.2, 0.25) is 5.78 Å². The fourth-order valence-electron chi connectivity index (χ4n) is 2.40. The molecule has 1 aromatic heterocycles. The molecule has 0 aliphatic carbocycles. The summed E-state index contributed by atoms with van der Waals surface area (Å²) in [7, 11) is 1.30. The second-order valence-electron chi connectivity index (χ2n) is 5.30. The fraction of sp³-hybridized carbons (Fsp3) is 0.222. The Balaban J connectivity index is 1.89. The Bertz CT molecular complexity index is 816. The van der Waals surface area contributed by atoms with Crippen molar-refractivity contribution in [1.82, 2.24) is 0 Å². The first-order valence-corrected chi connectivity index (χ1v) is 7.37. The van der Waals surface area contributed by atoms with Gasteiger partial charge in [-0.3, -0.25) is 4.79 Å². The van der Waals surface area contributed by atoms with Crippen LogP contribution in [0.5, 0.6) is 11.5 Å². The number of fused-ring (bicyclic) bond motifs is 1. The molecule has 2 heterocycles. The van der Waals surface area contributed by atoms with E-state index in [1.165, 1.54) is 13.4 Å². The maximum absolute atomic E-state index is 12.4. The summed E-state index contributed by atoms with van der Waals surface area (Å²) in [6.45, 7) is 3.36. The highest BCUT2D eigenvalue weighted by Crippen LogP contribution is 2.39. The zero-order valence-corrected chi connectivity index (χ0v) is 13.5.